The summed E-state index contributed by atoms with van der Waals surface area (Å²) in [6, 6.07) is 4.91. The third-order valence-electron chi connectivity index (χ3n) is 2.97. The summed E-state index contributed by atoms with van der Waals surface area (Å²) in [5, 5.41) is 0. The molecule has 0 aliphatic carbocycles. The monoisotopic (exact) mass is 360 g/mol. The lowest BCUT2D eigenvalue weighted by Gasteiger charge is -2.17. The molecule has 0 bridgehead atoms. The van der Waals surface area contributed by atoms with Gasteiger partial charge in [0.1, 0.15) is 5.82 Å². The zero-order chi connectivity index (χ0) is 18.5. The molecule has 0 spiro atoms. The molecule has 0 unspecified atom stereocenters. The topological polar surface area (TPSA) is 75.7 Å². The maximum absolute atomic E-state index is 13.4. The van der Waals surface area contributed by atoms with Gasteiger partial charge in [-0.15, -0.1) is 0 Å². The third kappa shape index (κ3) is 6.84. The molecule has 0 saturated carbocycles. The van der Waals surface area contributed by atoms with E-state index in [9.17, 15) is 17.6 Å². The second kappa shape index (κ2) is 8.43. The Kier molecular flexibility index (Phi) is 7.16. The number of hydrogen-bond donors (Lipinski definition) is 1. The van der Waals surface area contributed by atoms with Crippen molar-refractivity contribution < 1.29 is 22.3 Å². The van der Waals surface area contributed by atoms with E-state index in [0.717, 1.165) is 11.8 Å². The van der Waals surface area contributed by atoms with Crippen molar-refractivity contribution >= 4 is 16.1 Å². The first-order chi connectivity index (χ1) is 11.0. The fraction of sp³-hybridized carbons (Fsp3) is 0.562. The number of carbonyl (C=O) groups is 1. The van der Waals surface area contributed by atoms with E-state index in [2.05, 4.69) is 4.72 Å². The van der Waals surface area contributed by atoms with E-state index >= 15 is 0 Å². The molecular formula is C16H25FN2O4S. The number of halogens is 1. The minimum Gasteiger partial charge on any atom is -0.447 e. The quantitative estimate of drug-likeness (QED) is 0.899. The lowest BCUT2D eigenvalue weighted by molar-refractivity contribution is 0.0759. The highest BCUT2D eigenvalue weighted by Gasteiger charge is 2.26. The number of nitrogens with zero attached hydrogens (tertiary/aromatic N) is 1. The van der Waals surface area contributed by atoms with Crippen LogP contribution in [-0.4, -0.2) is 37.8 Å². The van der Waals surface area contributed by atoms with Gasteiger partial charge in [-0.2, -0.15) is 0 Å². The fourth-order valence-electron chi connectivity index (χ4n) is 2.21. The summed E-state index contributed by atoms with van der Waals surface area (Å²) in [6.07, 6.45) is 0.610. The van der Waals surface area contributed by atoms with Gasteiger partial charge in [0.15, 0.2) is 0 Å². The van der Waals surface area contributed by atoms with Gasteiger partial charge in [0.25, 0.3) is 0 Å². The Morgan fingerprint density at radius 2 is 1.88 bits per heavy atom. The van der Waals surface area contributed by atoms with Crippen LogP contribution in [0.25, 0.3) is 0 Å². The van der Waals surface area contributed by atoms with Crippen LogP contribution >= 0.6 is 0 Å². The highest BCUT2D eigenvalue weighted by molar-refractivity contribution is 7.88. The molecule has 1 aromatic rings. The van der Waals surface area contributed by atoms with Crippen molar-refractivity contribution in [2.75, 3.05) is 6.26 Å². The van der Waals surface area contributed by atoms with Crippen LogP contribution in [-0.2, 0) is 27.8 Å². The minimum atomic E-state index is -2.97. The van der Waals surface area contributed by atoms with Crippen LogP contribution in [0.15, 0.2) is 18.2 Å². The second-order valence-corrected chi connectivity index (χ2v) is 7.99. The summed E-state index contributed by atoms with van der Waals surface area (Å²) < 4.78 is 41.5. The van der Waals surface area contributed by atoms with Gasteiger partial charge in [0.2, 0.25) is 10.0 Å². The number of amides is 1. The largest absolute Gasteiger partial charge is 0.447 e. The number of nitrogens with one attached hydrogen (secondary N) is 1. The highest BCUT2D eigenvalue weighted by Crippen LogP contribution is 2.25. The van der Waals surface area contributed by atoms with Crippen molar-refractivity contribution in [3.63, 3.8) is 0 Å². The zero-order valence-corrected chi connectivity index (χ0v) is 15.5. The Balaban J connectivity index is 0.000000307. The van der Waals surface area contributed by atoms with E-state index in [0.29, 0.717) is 18.7 Å². The average molecular weight is 360 g/mol. The summed E-state index contributed by atoms with van der Waals surface area (Å²) >= 11 is 0. The number of carbonyl (C=O) groups excluding carboxylic acids is 1. The van der Waals surface area contributed by atoms with Crippen LogP contribution in [0.4, 0.5) is 9.18 Å². The van der Waals surface area contributed by atoms with E-state index in [1.54, 1.807) is 33.8 Å². The van der Waals surface area contributed by atoms with E-state index in [4.69, 9.17) is 4.74 Å². The molecule has 1 aromatic carbocycles. The first kappa shape index (κ1) is 20.4. The summed E-state index contributed by atoms with van der Waals surface area (Å²) in [4.78, 5) is 13.1. The van der Waals surface area contributed by atoms with E-state index in [-0.39, 0.29) is 24.1 Å². The van der Waals surface area contributed by atoms with E-state index < -0.39 is 10.0 Å². The Morgan fingerprint density at radius 1 is 1.25 bits per heavy atom. The molecular weight excluding hydrogens is 335 g/mol. The molecule has 0 aromatic heterocycles. The van der Waals surface area contributed by atoms with Gasteiger partial charge in [0, 0.05) is 18.2 Å². The van der Waals surface area contributed by atoms with Crippen LogP contribution in [0.1, 0.15) is 38.8 Å². The first-order valence-corrected chi connectivity index (χ1v) is 9.58. The molecule has 1 heterocycles. The zero-order valence-electron chi connectivity index (χ0n) is 14.7. The summed E-state index contributed by atoms with van der Waals surface area (Å²) in [7, 11) is -2.97. The van der Waals surface area contributed by atoms with Crippen molar-refractivity contribution in [1.29, 1.82) is 0 Å². The molecule has 2 rings (SSSR count). The fourth-order valence-corrected chi connectivity index (χ4v) is 3.07. The van der Waals surface area contributed by atoms with Gasteiger partial charge in [-0.25, -0.2) is 22.3 Å². The van der Waals surface area contributed by atoms with Crippen LogP contribution < -0.4 is 4.72 Å². The molecule has 1 aliphatic rings. The number of hydrogen-bond acceptors (Lipinski definition) is 4. The molecule has 24 heavy (non-hydrogen) atoms. The van der Waals surface area contributed by atoms with Crippen LogP contribution in [0.5, 0.6) is 0 Å². The summed E-state index contributed by atoms with van der Waals surface area (Å²) in [5.41, 5.74) is 1.46. The first-order valence-electron chi connectivity index (χ1n) is 7.68. The summed E-state index contributed by atoms with van der Waals surface area (Å²) in [6.45, 7) is 7.87. The lowest BCUT2D eigenvalue weighted by atomic mass is 10.1. The number of sulfonamides is 1. The van der Waals surface area contributed by atoms with Gasteiger partial charge in [-0.1, -0.05) is 12.1 Å². The SMILES string of the molecule is CC(C)NS(C)(=O)=O.CC(C)OC(=O)N1Cc2cccc(F)c2C1. The molecule has 0 radical (unpaired) electrons. The lowest BCUT2D eigenvalue weighted by Crippen LogP contribution is -2.28. The average Bonchev–Trinajstić information content (AvgIpc) is 2.81. The molecule has 0 saturated heterocycles. The normalized spacial score (nSPS) is 13.6. The van der Waals surface area contributed by atoms with Crippen LogP contribution in [0.2, 0.25) is 0 Å². The third-order valence-corrected chi connectivity index (χ3v) is 3.87. The molecule has 1 N–H and O–H groups in total. The number of rotatable bonds is 3. The van der Waals surface area contributed by atoms with Gasteiger partial charge in [-0.3, -0.25) is 4.90 Å². The van der Waals surface area contributed by atoms with Gasteiger partial charge < -0.3 is 4.74 Å². The molecule has 136 valence electrons. The minimum absolute atomic E-state index is 0.00463. The van der Waals surface area contributed by atoms with Crippen molar-refractivity contribution in [2.45, 2.75) is 52.9 Å². The van der Waals surface area contributed by atoms with Crippen LogP contribution in [0, 0.1) is 5.82 Å². The summed E-state index contributed by atoms with van der Waals surface area (Å²) in [5.74, 6) is -0.252. The number of ether oxygens (including phenoxy) is 1. The van der Waals surface area contributed by atoms with Crippen molar-refractivity contribution in [1.82, 2.24) is 9.62 Å². The number of fused-ring (bicyclic) bond motifs is 1. The van der Waals surface area contributed by atoms with Crippen molar-refractivity contribution in [3.05, 3.63) is 35.1 Å². The predicted molar refractivity (Wildman–Crippen MR) is 90.4 cm³/mol. The molecule has 1 amide bonds. The Bertz CT molecular complexity index is 675. The molecule has 6 nitrogen and oxygen atoms in total. The smallest absolute Gasteiger partial charge is 0.410 e. The second-order valence-electron chi connectivity index (χ2n) is 6.21. The van der Waals surface area contributed by atoms with Gasteiger partial charge in [-0.05, 0) is 39.3 Å². The Hall–Kier alpha value is -1.67. The van der Waals surface area contributed by atoms with Gasteiger partial charge >= 0.3 is 6.09 Å². The maximum atomic E-state index is 13.4. The van der Waals surface area contributed by atoms with E-state index in [1.807, 2.05) is 6.07 Å². The maximum Gasteiger partial charge on any atom is 0.410 e. The van der Waals surface area contributed by atoms with E-state index in [1.165, 1.54) is 11.0 Å². The molecule has 8 heteroatoms. The molecule has 0 atom stereocenters. The standard InChI is InChI=1S/C12H14FNO2.C4H11NO2S/c1-8(2)16-12(15)14-6-9-4-3-5-11(13)10(9)7-14;1-4(2)5-8(3,6)7/h3-5,8H,6-7H2,1-2H3;4-5H,1-3H3. The highest BCUT2D eigenvalue weighted by atomic mass is 32.2. The predicted octanol–water partition coefficient (Wildman–Crippen LogP) is 2.63. The molecule has 0 fully saturated rings. The van der Waals surface area contributed by atoms with Gasteiger partial charge in [0.05, 0.1) is 18.9 Å². The van der Waals surface area contributed by atoms with Crippen molar-refractivity contribution in [3.8, 4) is 0 Å². The van der Waals surface area contributed by atoms with Crippen molar-refractivity contribution in [2.24, 2.45) is 0 Å². The Morgan fingerprint density at radius 3 is 2.29 bits per heavy atom. The number of benzene rings is 1. The van der Waals surface area contributed by atoms with Crippen LogP contribution in [0.3, 0.4) is 0 Å². The molecule has 1 aliphatic heterocycles. The Labute approximate surface area is 143 Å².